The molecular weight excluding hydrogens is 300 g/mol. The van der Waals surface area contributed by atoms with Crippen molar-refractivity contribution in [3.63, 3.8) is 0 Å². The molecule has 2 rings (SSSR count). The molecule has 0 atom stereocenters. The van der Waals surface area contributed by atoms with Gasteiger partial charge in [-0.3, -0.25) is 0 Å². The van der Waals surface area contributed by atoms with Crippen molar-refractivity contribution in [2.45, 2.75) is 58.5 Å². The van der Waals surface area contributed by atoms with Crippen molar-refractivity contribution in [3.05, 3.63) is 34.3 Å². The zero-order valence-electron chi connectivity index (χ0n) is 12.2. The third-order valence-electron chi connectivity index (χ3n) is 4.56. The van der Waals surface area contributed by atoms with E-state index in [1.54, 1.807) is 0 Å². The summed E-state index contributed by atoms with van der Waals surface area (Å²) in [6.07, 6.45) is 4.94. The highest BCUT2D eigenvalue weighted by molar-refractivity contribution is 9.10. The van der Waals surface area contributed by atoms with Crippen LogP contribution in [-0.2, 0) is 6.42 Å². The Bertz CT molecular complexity index is 425. The van der Waals surface area contributed by atoms with Crippen molar-refractivity contribution in [2.24, 2.45) is 11.3 Å². The summed E-state index contributed by atoms with van der Waals surface area (Å²) < 4.78 is 1.09. The van der Waals surface area contributed by atoms with E-state index in [-0.39, 0.29) is 0 Å². The molecule has 0 bridgehead atoms. The number of hydrogen-bond donors (Lipinski definition) is 1. The molecule has 0 amide bonds. The Balaban J connectivity index is 1.99. The van der Waals surface area contributed by atoms with Crippen LogP contribution < -0.4 is 0 Å². The minimum absolute atomic E-state index is 0.372. The van der Waals surface area contributed by atoms with Crippen LogP contribution in [0.1, 0.15) is 52.0 Å². The van der Waals surface area contributed by atoms with E-state index in [1.165, 1.54) is 5.56 Å². The van der Waals surface area contributed by atoms with Crippen LogP contribution in [0, 0.1) is 11.3 Å². The third-order valence-corrected chi connectivity index (χ3v) is 5.06. The first kappa shape index (κ1) is 15.1. The summed E-state index contributed by atoms with van der Waals surface area (Å²) in [5, 5.41) is 10.8. The van der Waals surface area contributed by atoms with E-state index in [2.05, 4.69) is 48.8 Å². The van der Waals surface area contributed by atoms with Gasteiger partial charge in [0.05, 0.1) is 5.60 Å². The van der Waals surface area contributed by atoms with Crippen molar-refractivity contribution in [2.75, 3.05) is 0 Å². The average Bonchev–Trinajstić information content (AvgIpc) is 2.27. The fourth-order valence-electron chi connectivity index (χ4n) is 3.22. The van der Waals surface area contributed by atoms with Crippen LogP contribution in [0.2, 0.25) is 0 Å². The van der Waals surface area contributed by atoms with Crippen molar-refractivity contribution in [1.82, 2.24) is 0 Å². The Morgan fingerprint density at radius 3 is 2.42 bits per heavy atom. The molecule has 0 aliphatic heterocycles. The predicted octanol–water partition coefficient (Wildman–Crippen LogP) is 4.96. The highest BCUT2D eigenvalue weighted by atomic mass is 79.9. The van der Waals surface area contributed by atoms with E-state index in [1.807, 2.05) is 12.1 Å². The molecule has 1 aromatic carbocycles. The molecule has 1 fully saturated rings. The van der Waals surface area contributed by atoms with E-state index >= 15 is 0 Å². The second-order valence-electron chi connectivity index (χ2n) is 7.17. The van der Waals surface area contributed by atoms with Gasteiger partial charge in [-0.25, -0.2) is 0 Å². The Morgan fingerprint density at radius 1 is 1.26 bits per heavy atom. The van der Waals surface area contributed by atoms with Crippen LogP contribution >= 0.6 is 15.9 Å². The van der Waals surface area contributed by atoms with Gasteiger partial charge in [0.2, 0.25) is 0 Å². The number of halogens is 1. The van der Waals surface area contributed by atoms with Gasteiger partial charge in [-0.15, -0.1) is 0 Å². The standard InChI is InChI=1S/C17H25BrO/c1-16(2,3)14-7-9-17(19,10-8-14)12-13-5-4-6-15(18)11-13/h4-6,11,14,19H,7-10,12H2,1-3H3. The van der Waals surface area contributed by atoms with Gasteiger partial charge < -0.3 is 5.11 Å². The summed E-state index contributed by atoms with van der Waals surface area (Å²) in [6, 6.07) is 8.31. The maximum Gasteiger partial charge on any atom is 0.0688 e. The molecule has 2 heteroatoms. The van der Waals surface area contributed by atoms with Gasteiger partial charge in [-0.05, 0) is 54.7 Å². The quantitative estimate of drug-likeness (QED) is 0.815. The molecule has 1 N–H and O–H groups in total. The first-order chi connectivity index (χ1) is 8.78. The summed E-state index contributed by atoms with van der Waals surface area (Å²) in [7, 11) is 0. The Kier molecular flexibility index (Phi) is 4.42. The predicted molar refractivity (Wildman–Crippen MR) is 84.2 cm³/mol. The molecule has 1 saturated carbocycles. The van der Waals surface area contributed by atoms with Gasteiger partial charge in [0, 0.05) is 10.9 Å². The average molecular weight is 325 g/mol. The summed E-state index contributed by atoms with van der Waals surface area (Å²) in [5.41, 5.74) is 1.10. The molecule has 19 heavy (non-hydrogen) atoms. The molecule has 0 saturated heterocycles. The fraction of sp³-hybridized carbons (Fsp3) is 0.647. The maximum absolute atomic E-state index is 10.8. The summed E-state index contributed by atoms with van der Waals surface area (Å²) >= 11 is 3.50. The van der Waals surface area contributed by atoms with Crippen LogP contribution in [0.3, 0.4) is 0 Å². The molecular formula is C17H25BrO. The van der Waals surface area contributed by atoms with Gasteiger partial charge >= 0.3 is 0 Å². The van der Waals surface area contributed by atoms with Crippen molar-refractivity contribution < 1.29 is 5.11 Å². The second kappa shape index (κ2) is 5.57. The summed E-state index contributed by atoms with van der Waals surface area (Å²) in [5.74, 6) is 0.746. The summed E-state index contributed by atoms with van der Waals surface area (Å²) in [4.78, 5) is 0. The molecule has 106 valence electrons. The Labute approximate surface area is 125 Å². The monoisotopic (exact) mass is 324 g/mol. The van der Waals surface area contributed by atoms with Gasteiger partial charge in [0.15, 0.2) is 0 Å². The van der Waals surface area contributed by atoms with Gasteiger partial charge in [-0.1, -0.05) is 48.8 Å². The SMILES string of the molecule is CC(C)(C)C1CCC(O)(Cc2cccc(Br)c2)CC1. The van der Waals surface area contributed by atoms with Crippen LogP contribution in [0.5, 0.6) is 0 Å². The molecule has 0 unspecified atom stereocenters. The molecule has 1 aliphatic carbocycles. The molecule has 1 aromatic rings. The maximum atomic E-state index is 10.8. The molecule has 0 radical (unpaired) electrons. The minimum atomic E-state index is -0.497. The third kappa shape index (κ3) is 4.06. The molecule has 0 heterocycles. The Morgan fingerprint density at radius 2 is 1.89 bits per heavy atom. The largest absolute Gasteiger partial charge is 0.390 e. The molecule has 0 spiro atoms. The number of hydrogen-bond acceptors (Lipinski definition) is 1. The van der Waals surface area contributed by atoms with Gasteiger partial charge in [0.25, 0.3) is 0 Å². The normalized spacial score (nSPS) is 28.4. The molecule has 1 aliphatic rings. The van der Waals surface area contributed by atoms with E-state index in [4.69, 9.17) is 0 Å². The fourth-order valence-corrected chi connectivity index (χ4v) is 3.67. The van der Waals surface area contributed by atoms with Crippen molar-refractivity contribution in [1.29, 1.82) is 0 Å². The van der Waals surface area contributed by atoms with Crippen LogP contribution in [-0.4, -0.2) is 10.7 Å². The second-order valence-corrected chi connectivity index (χ2v) is 8.09. The number of aliphatic hydroxyl groups is 1. The summed E-state index contributed by atoms with van der Waals surface area (Å²) in [6.45, 7) is 6.95. The highest BCUT2D eigenvalue weighted by Gasteiger charge is 2.37. The minimum Gasteiger partial charge on any atom is -0.390 e. The molecule has 1 nitrogen and oxygen atoms in total. The van der Waals surface area contributed by atoms with E-state index in [0.717, 1.165) is 42.5 Å². The Hall–Kier alpha value is -0.340. The lowest BCUT2D eigenvalue weighted by atomic mass is 9.67. The van der Waals surface area contributed by atoms with E-state index in [9.17, 15) is 5.11 Å². The zero-order valence-corrected chi connectivity index (χ0v) is 13.8. The first-order valence-corrected chi connectivity index (χ1v) is 8.05. The zero-order chi connectivity index (χ0) is 14.1. The smallest absolute Gasteiger partial charge is 0.0688 e. The van der Waals surface area contributed by atoms with Crippen molar-refractivity contribution in [3.8, 4) is 0 Å². The number of benzene rings is 1. The van der Waals surface area contributed by atoms with E-state index < -0.39 is 5.60 Å². The molecule has 0 aromatic heterocycles. The van der Waals surface area contributed by atoms with Crippen LogP contribution in [0.25, 0.3) is 0 Å². The van der Waals surface area contributed by atoms with Gasteiger partial charge in [0.1, 0.15) is 0 Å². The van der Waals surface area contributed by atoms with Gasteiger partial charge in [-0.2, -0.15) is 0 Å². The first-order valence-electron chi connectivity index (χ1n) is 7.25. The highest BCUT2D eigenvalue weighted by Crippen LogP contribution is 2.42. The van der Waals surface area contributed by atoms with E-state index in [0.29, 0.717) is 5.41 Å². The number of rotatable bonds is 2. The lowest BCUT2D eigenvalue weighted by Crippen LogP contribution is -2.39. The van der Waals surface area contributed by atoms with Crippen LogP contribution in [0.4, 0.5) is 0 Å². The lowest BCUT2D eigenvalue weighted by molar-refractivity contribution is -0.0245. The lowest BCUT2D eigenvalue weighted by Gasteiger charge is -2.41. The van der Waals surface area contributed by atoms with Crippen LogP contribution in [0.15, 0.2) is 28.7 Å². The van der Waals surface area contributed by atoms with Crippen molar-refractivity contribution >= 4 is 15.9 Å². The topological polar surface area (TPSA) is 20.2 Å².